The van der Waals surface area contributed by atoms with Gasteiger partial charge in [-0.2, -0.15) is 0 Å². The predicted octanol–water partition coefficient (Wildman–Crippen LogP) is 4.10. The molecule has 0 spiro atoms. The van der Waals surface area contributed by atoms with E-state index in [0.29, 0.717) is 11.0 Å². The van der Waals surface area contributed by atoms with Crippen LogP contribution in [-0.2, 0) is 14.1 Å². The average Bonchev–Trinajstić information content (AvgIpc) is 3.10. The number of rotatable bonds is 4. The van der Waals surface area contributed by atoms with Crippen molar-refractivity contribution in [3.05, 3.63) is 92.8 Å². The summed E-state index contributed by atoms with van der Waals surface area (Å²) >= 11 is 0. The molecular formula is C27H28N4O2. The summed E-state index contributed by atoms with van der Waals surface area (Å²) in [6.07, 6.45) is 4.34. The van der Waals surface area contributed by atoms with Crippen LogP contribution < -0.4 is 11.2 Å². The van der Waals surface area contributed by atoms with Gasteiger partial charge in [-0.05, 0) is 42.4 Å². The van der Waals surface area contributed by atoms with Crippen LogP contribution in [0.3, 0.4) is 0 Å². The van der Waals surface area contributed by atoms with E-state index in [1.165, 1.54) is 10.1 Å². The number of benzene rings is 2. The number of hydrogen-bond acceptors (Lipinski definition) is 3. The first kappa shape index (κ1) is 21.2. The van der Waals surface area contributed by atoms with Crippen molar-refractivity contribution in [1.29, 1.82) is 0 Å². The highest BCUT2D eigenvalue weighted by atomic mass is 16.2. The summed E-state index contributed by atoms with van der Waals surface area (Å²) in [7, 11) is 3.28. The molecule has 0 fully saturated rings. The Kier molecular flexibility index (Phi) is 5.17. The molecule has 6 nitrogen and oxygen atoms in total. The molecule has 0 amide bonds. The van der Waals surface area contributed by atoms with Crippen molar-refractivity contribution in [3.63, 3.8) is 0 Å². The molecule has 2 heterocycles. The van der Waals surface area contributed by atoms with Gasteiger partial charge in [-0.3, -0.25) is 23.4 Å². The number of aryl methyl sites for hydroxylation is 1. The highest BCUT2D eigenvalue weighted by molar-refractivity contribution is 6.01. The summed E-state index contributed by atoms with van der Waals surface area (Å²) in [6.45, 7) is 6.17. The average molecular weight is 441 g/mol. The quantitative estimate of drug-likeness (QED) is 0.480. The Hall–Kier alpha value is -3.64. The van der Waals surface area contributed by atoms with E-state index in [9.17, 15) is 9.59 Å². The van der Waals surface area contributed by atoms with Crippen LogP contribution in [0, 0.1) is 0 Å². The van der Waals surface area contributed by atoms with Crippen LogP contribution in [0.1, 0.15) is 31.1 Å². The molecule has 0 bridgehead atoms. The molecule has 1 atom stereocenters. The van der Waals surface area contributed by atoms with Crippen molar-refractivity contribution in [3.8, 4) is 16.8 Å². The summed E-state index contributed by atoms with van der Waals surface area (Å²) in [6, 6.07) is 18.3. The van der Waals surface area contributed by atoms with Crippen LogP contribution in [0.4, 0.5) is 0 Å². The van der Waals surface area contributed by atoms with E-state index in [0.717, 1.165) is 35.6 Å². The van der Waals surface area contributed by atoms with Crippen LogP contribution >= 0.6 is 0 Å². The zero-order valence-corrected chi connectivity index (χ0v) is 19.4. The molecule has 1 unspecified atom stereocenters. The van der Waals surface area contributed by atoms with Gasteiger partial charge in [-0.1, -0.05) is 62.4 Å². The second-order valence-electron chi connectivity index (χ2n) is 8.45. The van der Waals surface area contributed by atoms with Gasteiger partial charge in [-0.25, -0.2) is 4.79 Å². The highest BCUT2D eigenvalue weighted by Crippen LogP contribution is 2.43. The summed E-state index contributed by atoms with van der Waals surface area (Å²) in [5, 5.41) is 0.566. The van der Waals surface area contributed by atoms with E-state index in [-0.39, 0.29) is 17.3 Å². The maximum Gasteiger partial charge on any atom is 0.332 e. The Balaban J connectivity index is 2.01. The fourth-order valence-electron chi connectivity index (χ4n) is 5.14. The largest absolute Gasteiger partial charge is 0.332 e. The Bertz CT molecular complexity index is 1500. The molecule has 0 aliphatic heterocycles. The Morgan fingerprint density at radius 3 is 2.24 bits per heavy atom. The van der Waals surface area contributed by atoms with Gasteiger partial charge in [0, 0.05) is 25.3 Å². The third kappa shape index (κ3) is 3.05. The minimum absolute atomic E-state index is 0.0965. The number of para-hydroxylation sites is 1. The first-order chi connectivity index (χ1) is 16.0. The molecule has 6 heteroatoms. The second kappa shape index (κ2) is 8.05. The predicted molar refractivity (Wildman–Crippen MR) is 134 cm³/mol. The summed E-state index contributed by atoms with van der Waals surface area (Å²) in [5.74, 6) is 0. The Morgan fingerprint density at radius 2 is 1.55 bits per heavy atom. The van der Waals surface area contributed by atoms with Crippen molar-refractivity contribution in [2.75, 3.05) is 13.1 Å². The molecule has 0 saturated carbocycles. The SMILES string of the molecule is CCN(CC)C1C=Cc2c(c3c(=O)n(C)c(=O)n(C)c3n2-c2ccccc2)-c2ccccc21. The van der Waals surface area contributed by atoms with Crippen molar-refractivity contribution in [1.82, 2.24) is 18.6 Å². The molecule has 0 N–H and O–H groups in total. The van der Waals surface area contributed by atoms with Crippen LogP contribution in [0.15, 0.2) is 70.3 Å². The molecule has 2 aromatic heterocycles. The van der Waals surface area contributed by atoms with Crippen LogP contribution in [0.5, 0.6) is 0 Å². The third-order valence-corrected chi connectivity index (χ3v) is 6.80. The first-order valence-electron chi connectivity index (χ1n) is 11.4. The van der Waals surface area contributed by atoms with Gasteiger partial charge in [0.25, 0.3) is 5.56 Å². The summed E-state index contributed by atoms with van der Waals surface area (Å²) < 4.78 is 4.83. The molecule has 1 aliphatic carbocycles. The minimum Gasteiger partial charge on any atom is -0.295 e. The molecule has 2 aromatic carbocycles. The monoisotopic (exact) mass is 440 g/mol. The van der Waals surface area contributed by atoms with Gasteiger partial charge < -0.3 is 0 Å². The van der Waals surface area contributed by atoms with Crippen molar-refractivity contribution < 1.29 is 0 Å². The van der Waals surface area contributed by atoms with Crippen molar-refractivity contribution in [2.24, 2.45) is 14.1 Å². The third-order valence-electron chi connectivity index (χ3n) is 6.80. The lowest BCUT2D eigenvalue weighted by Gasteiger charge is -2.28. The summed E-state index contributed by atoms with van der Waals surface area (Å²) in [5.41, 5.74) is 4.90. The minimum atomic E-state index is -0.337. The summed E-state index contributed by atoms with van der Waals surface area (Å²) in [4.78, 5) is 28.9. The number of fused-ring (bicyclic) bond motifs is 5. The molecule has 0 radical (unpaired) electrons. The maximum absolute atomic E-state index is 13.6. The molecule has 4 aromatic rings. The first-order valence-corrected chi connectivity index (χ1v) is 11.4. The van der Waals surface area contributed by atoms with E-state index >= 15 is 0 Å². The molecule has 168 valence electrons. The molecule has 0 saturated heterocycles. The molecular weight excluding hydrogens is 412 g/mol. The van der Waals surface area contributed by atoms with Crippen LogP contribution in [-0.4, -0.2) is 31.7 Å². The fourth-order valence-corrected chi connectivity index (χ4v) is 5.14. The van der Waals surface area contributed by atoms with E-state index in [2.05, 4.69) is 49.1 Å². The topological polar surface area (TPSA) is 52.2 Å². The lowest BCUT2D eigenvalue weighted by atomic mass is 9.95. The van der Waals surface area contributed by atoms with E-state index in [4.69, 9.17) is 0 Å². The van der Waals surface area contributed by atoms with Gasteiger partial charge in [0.15, 0.2) is 0 Å². The lowest BCUT2D eigenvalue weighted by molar-refractivity contribution is 0.258. The Morgan fingerprint density at radius 1 is 0.879 bits per heavy atom. The highest BCUT2D eigenvalue weighted by Gasteiger charge is 2.30. The zero-order chi connectivity index (χ0) is 23.3. The zero-order valence-electron chi connectivity index (χ0n) is 19.4. The van der Waals surface area contributed by atoms with Gasteiger partial charge in [0.05, 0.1) is 17.1 Å². The van der Waals surface area contributed by atoms with E-state index in [1.54, 1.807) is 18.7 Å². The number of aromatic nitrogens is 3. The molecule has 1 aliphatic rings. The molecule has 33 heavy (non-hydrogen) atoms. The van der Waals surface area contributed by atoms with Gasteiger partial charge in [0.2, 0.25) is 0 Å². The van der Waals surface area contributed by atoms with E-state index < -0.39 is 0 Å². The number of likely N-dealkylation sites (N-methyl/N-ethyl adjacent to an activating group) is 1. The number of hydrogen-bond donors (Lipinski definition) is 0. The lowest BCUT2D eigenvalue weighted by Crippen LogP contribution is -2.37. The van der Waals surface area contributed by atoms with Gasteiger partial charge in [-0.15, -0.1) is 0 Å². The van der Waals surface area contributed by atoms with Crippen LogP contribution in [0.25, 0.3) is 33.9 Å². The normalized spacial score (nSPS) is 15.0. The van der Waals surface area contributed by atoms with Gasteiger partial charge in [0.1, 0.15) is 5.65 Å². The standard InChI is InChI=1S/C27H28N4O2/c1-5-30(6-2)21-16-17-22-23(20-15-11-10-14-19(20)21)24-25(28(3)27(33)29(4)26(24)32)31(22)18-12-8-7-9-13-18/h7-17,21H,5-6H2,1-4H3. The van der Waals surface area contributed by atoms with Gasteiger partial charge >= 0.3 is 5.69 Å². The second-order valence-corrected chi connectivity index (χ2v) is 8.45. The Labute approximate surface area is 192 Å². The van der Waals surface area contributed by atoms with Crippen molar-refractivity contribution >= 4 is 17.1 Å². The smallest absolute Gasteiger partial charge is 0.295 e. The van der Waals surface area contributed by atoms with E-state index in [1.807, 2.05) is 41.0 Å². The molecule has 5 rings (SSSR count). The maximum atomic E-state index is 13.6. The van der Waals surface area contributed by atoms with Crippen molar-refractivity contribution in [2.45, 2.75) is 19.9 Å². The van der Waals surface area contributed by atoms with Crippen LogP contribution in [0.2, 0.25) is 0 Å². The number of nitrogens with zero attached hydrogens (tertiary/aromatic N) is 4. The fraction of sp³-hybridized carbons (Fsp3) is 0.259.